The summed E-state index contributed by atoms with van der Waals surface area (Å²) in [5, 5.41) is 0. The highest BCUT2D eigenvalue weighted by atomic mass is 79.9. The minimum atomic E-state index is -4.00. The van der Waals surface area contributed by atoms with Crippen LogP contribution in [0.15, 0.2) is 45.8 Å². The number of sulfonamides is 1. The van der Waals surface area contributed by atoms with E-state index in [0.29, 0.717) is 15.9 Å². The van der Waals surface area contributed by atoms with E-state index in [1.165, 1.54) is 26.4 Å². The molecule has 6 nitrogen and oxygen atoms in total. The fourth-order valence-corrected chi connectivity index (χ4v) is 4.86. The summed E-state index contributed by atoms with van der Waals surface area (Å²) in [6.07, 6.45) is 0. The summed E-state index contributed by atoms with van der Waals surface area (Å²) < 4.78 is 38.0. The van der Waals surface area contributed by atoms with Gasteiger partial charge in [0.15, 0.2) is 0 Å². The Bertz CT molecular complexity index is 907. The second-order valence-electron chi connectivity index (χ2n) is 5.62. The topological polar surface area (TPSA) is 72.9 Å². The third-order valence-corrected chi connectivity index (χ3v) is 6.26. The number of methoxy groups -OCH3 is 2. The van der Waals surface area contributed by atoms with Gasteiger partial charge in [0.05, 0.1) is 29.3 Å². The van der Waals surface area contributed by atoms with Crippen molar-refractivity contribution in [3.05, 3.63) is 52.0 Å². The van der Waals surface area contributed by atoms with Gasteiger partial charge in [-0.05, 0) is 59.1 Å². The number of nitrogens with zero attached hydrogens (tertiary/aromatic N) is 1. The largest absolute Gasteiger partial charge is 0.496 e. The predicted octanol–water partition coefficient (Wildman–Crippen LogP) is 3.44. The fourth-order valence-electron chi connectivity index (χ4n) is 2.60. The van der Waals surface area contributed by atoms with E-state index in [2.05, 4.69) is 15.9 Å². The van der Waals surface area contributed by atoms with Crippen molar-refractivity contribution in [2.24, 2.45) is 0 Å². The second-order valence-corrected chi connectivity index (χ2v) is 8.34. The van der Waals surface area contributed by atoms with Crippen molar-refractivity contribution in [2.45, 2.75) is 18.7 Å². The highest BCUT2D eigenvalue weighted by Crippen LogP contribution is 2.33. The molecule has 0 aromatic heterocycles. The van der Waals surface area contributed by atoms with Crippen LogP contribution in [0.5, 0.6) is 5.75 Å². The summed E-state index contributed by atoms with van der Waals surface area (Å²) >= 11 is 3.30. The summed E-state index contributed by atoms with van der Waals surface area (Å²) in [6.45, 7) is 3.17. The van der Waals surface area contributed by atoms with Crippen LogP contribution in [-0.2, 0) is 19.6 Å². The van der Waals surface area contributed by atoms with Gasteiger partial charge in [0, 0.05) is 0 Å². The standard InChI is InChI=1S/C18H20BrNO5S/c1-12-6-5-7-13(2)18(12)20(11-17(21)25-4)26(22,23)14-8-9-16(24-3)15(19)10-14/h5-10H,11H2,1-4H3. The summed E-state index contributed by atoms with van der Waals surface area (Å²) in [5.74, 6) is -0.139. The number of aryl methyl sites for hydroxylation is 2. The van der Waals surface area contributed by atoms with Crippen LogP contribution in [0.25, 0.3) is 0 Å². The number of benzene rings is 2. The zero-order chi connectivity index (χ0) is 19.5. The Hall–Kier alpha value is -2.06. The van der Waals surface area contributed by atoms with Crippen molar-refractivity contribution in [3.63, 3.8) is 0 Å². The Morgan fingerprint density at radius 1 is 1.12 bits per heavy atom. The Balaban J connectivity index is 2.64. The first-order valence-electron chi connectivity index (χ1n) is 7.71. The third-order valence-electron chi connectivity index (χ3n) is 3.90. The molecule has 0 heterocycles. The average molecular weight is 442 g/mol. The maximum Gasteiger partial charge on any atom is 0.326 e. The molecule has 0 atom stereocenters. The van der Waals surface area contributed by atoms with Crippen molar-refractivity contribution in [1.82, 2.24) is 0 Å². The third kappa shape index (κ3) is 4.02. The van der Waals surface area contributed by atoms with Gasteiger partial charge in [-0.1, -0.05) is 18.2 Å². The lowest BCUT2D eigenvalue weighted by Gasteiger charge is -2.26. The molecule has 0 saturated carbocycles. The summed E-state index contributed by atoms with van der Waals surface area (Å²) in [7, 11) is -1.29. The number of halogens is 1. The smallest absolute Gasteiger partial charge is 0.326 e. The Labute approximate surface area is 161 Å². The minimum absolute atomic E-state index is 0.0386. The lowest BCUT2D eigenvalue weighted by molar-refractivity contribution is -0.138. The first-order valence-corrected chi connectivity index (χ1v) is 9.95. The number of carbonyl (C=O) groups is 1. The molecular formula is C18H20BrNO5S. The number of hydrogen-bond donors (Lipinski definition) is 0. The molecule has 0 aliphatic heterocycles. The van der Waals surface area contributed by atoms with E-state index in [0.717, 1.165) is 15.4 Å². The molecule has 26 heavy (non-hydrogen) atoms. The van der Waals surface area contributed by atoms with Gasteiger partial charge in [-0.25, -0.2) is 8.42 Å². The molecule has 0 N–H and O–H groups in total. The molecule has 2 rings (SSSR count). The SMILES string of the molecule is COC(=O)CN(c1c(C)cccc1C)S(=O)(=O)c1ccc(OC)c(Br)c1. The lowest BCUT2D eigenvalue weighted by Crippen LogP contribution is -2.37. The zero-order valence-electron chi connectivity index (χ0n) is 14.9. The average Bonchev–Trinajstić information content (AvgIpc) is 2.60. The quantitative estimate of drug-likeness (QED) is 0.641. The maximum absolute atomic E-state index is 13.3. The van der Waals surface area contributed by atoms with Crippen LogP contribution < -0.4 is 9.04 Å². The second kappa shape index (κ2) is 8.09. The molecule has 0 radical (unpaired) electrons. The molecule has 0 unspecified atom stereocenters. The molecular weight excluding hydrogens is 422 g/mol. The molecule has 140 valence electrons. The van der Waals surface area contributed by atoms with Crippen LogP contribution in [0.3, 0.4) is 0 Å². The highest BCUT2D eigenvalue weighted by Gasteiger charge is 2.30. The van der Waals surface area contributed by atoms with Gasteiger partial charge < -0.3 is 9.47 Å². The molecule has 0 saturated heterocycles. The molecule has 0 aliphatic rings. The lowest BCUT2D eigenvalue weighted by atomic mass is 10.1. The number of rotatable bonds is 6. The fraction of sp³-hybridized carbons (Fsp3) is 0.278. The van der Waals surface area contributed by atoms with E-state index < -0.39 is 22.5 Å². The van der Waals surface area contributed by atoms with E-state index in [-0.39, 0.29) is 4.90 Å². The number of esters is 1. The number of carbonyl (C=O) groups excluding carboxylic acids is 1. The minimum Gasteiger partial charge on any atom is -0.496 e. The van der Waals surface area contributed by atoms with Crippen LogP contribution in [0.4, 0.5) is 5.69 Å². The Kier molecular flexibility index (Phi) is 6.30. The van der Waals surface area contributed by atoms with Crippen molar-refractivity contribution in [2.75, 3.05) is 25.1 Å². The molecule has 0 fully saturated rings. The van der Waals surface area contributed by atoms with Gasteiger partial charge >= 0.3 is 5.97 Å². The molecule has 0 amide bonds. The summed E-state index contributed by atoms with van der Waals surface area (Å²) in [5.41, 5.74) is 1.94. The molecule has 0 bridgehead atoms. The van der Waals surface area contributed by atoms with E-state index in [1.54, 1.807) is 32.0 Å². The molecule has 0 spiro atoms. The normalized spacial score (nSPS) is 11.1. The summed E-state index contributed by atoms with van der Waals surface area (Å²) in [4.78, 5) is 11.9. The maximum atomic E-state index is 13.3. The van der Waals surface area contributed by atoms with Crippen molar-refractivity contribution < 1.29 is 22.7 Å². The first kappa shape index (κ1) is 20.3. The molecule has 0 aliphatic carbocycles. The molecule has 2 aromatic carbocycles. The van der Waals surface area contributed by atoms with Crippen LogP contribution in [0.2, 0.25) is 0 Å². The van der Waals surface area contributed by atoms with Gasteiger partial charge in [-0.2, -0.15) is 0 Å². The van der Waals surface area contributed by atoms with E-state index in [9.17, 15) is 13.2 Å². The van der Waals surface area contributed by atoms with E-state index in [4.69, 9.17) is 9.47 Å². The first-order chi connectivity index (χ1) is 12.2. The van der Waals surface area contributed by atoms with Gasteiger partial charge in [-0.15, -0.1) is 0 Å². The van der Waals surface area contributed by atoms with E-state index in [1.807, 2.05) is 6.07 Å². The number of para-hydroxylation sites is 1. The number of hydrogen-bond acceptors (Lipinski definition) is 5. The van der Waals surface area contributed by atoms with Gasteiger partial charge in [-0.3, -0.25) is 9.10 Å². The van der Waals surface area contributed by atoms with Gasteiger partial charge in [0.1, 0.15) is 12.3 Å². The van der Waals surface area contributed by atoms with Crippen LogP contribution >= 0.6 is 15.9 Å². The number of anilines is 1. The van der Waals surface area contributed by atoms with E-state index >= 15 is 0 Å². The van der Waals surface area contributed by atoms with Crippen molar-refractivity contribution >= 4 is 37.6 Å². The van der Waals surface area contributed by atoms with Crippen LogP contribution in [0, 0.1) is 13.8 Å². The molecule has 2 aromatic rings. The monoisotopic (exact) mass is 441 g/mol. The summed E-state index contributed by atoms with van der Waals surface area (Å²) in [6, 6.07) is 9.88. The Morgan fingerprint density at radius 3 is 2.23 bits per heavy atom. The van der Waals surface area contributed by atoms with Crippen LogP contribution in [0.1, 0.15) is 11.1 Å². The molecule has 8 heteroatoms. The zero-order valence-corrected chi connectivity index (χ0v) is 17.3. The van der Waals surface area contributed by atoms with Crippen LogP contribution in [-0.4, -0.2) is 35.2 Å². The van der Waals surface area contributed by atoms with Crippen molar-refractivity contribution in [3.8, 4) is 5.75 Å². The van der Waals surface area contributed by atoms with Gasteiger partial charge in [0.2, 0.25) is 0 Å². The Morgan fingerprint density at radius 2 is 1.73 bits per heavy atom. The van der Waals surface area contributed by atoms with Crippen molar-refractivity contribution in [1.29, 1.82) is 0 Å². The predicted molar refractivity (Wildman–Crippen MR) is 103 cm³/mol. The number of ether oxygens (including phenoxy) is 2. The van der Waals surface area contributed by atoms with Gasteiger partial charge in [0.25, 0.3) is 10.0 Å². The highest BCUT2D eigenvalue weighted by molar-refractivity contribution is 9.10.